The maximum atomic E-state index is 12.4. The van der Waals surface area contributed by atoms with Gasteiger partial charge in [0.15, 0.2) is 5.78 Å². The first kappa shape index (κ1) is 15.7. The van der Waals surface area contributed by atoms with Gasteiger partial charge in [0.1, 0.15) is 5.75 Å². The van der Waals surface area contributed by atoms with Crippen molar-refractivity contribution in [1.29, 1.82) is 0 Å². The molecule has 2 heteroatoms. The van der Waals surface area contributed by atoms with Gasteiger partial charge in [-0.3, -0.25) is 4.79 Å². The molecule has 0 saturated carbocycles. The first-order chi connectivity index (χ1) is 8.83. The highest BCUT2D eigenvalue weighted by atomic mass is 16.5. The van der Waals surface area contributed by atoms with Crippen LogP contribution in [0.5, 0.6) is 5.75 Å². The van der Waals surface area contributed by atoms with Gasteiger partial charge in [-0.2, -0.15) is 0 Å². The molecule has 1 aromatic carbocycles. The number of benzene rings is 1. The maximum absolute atomic E-state index is 12.4. The number of rotatable bonds is 6. The highest BCUT2D eigenvalue weighted by Crippen LogP contribution is 2.28. The summed E-state index contributed by atoms with van der Waals surface area (Å²) in [7, 11) is 0. The standard InChI is InChI=1S/C17H26O2/c1-6-19-16-10-8-7-9-14(16)15(18)11-13(2)12-17(3,4)5/h7-10,13H,6,11-12H2,1-5H3. The van der Waals surface area contributed by atoms with Crippen molar-refractivity contribution in [2.45, 2.75) is 47.5 Å². The molecular weight excluding hydrogens is 236 g/mol. The van der Waals surface area contributed by atoms with Crippen molar-refractivity contribution in [3.05, 3.63) is 29.8 Å². The second-order valence-electron chi connectivity index (χ2n) is 6.43. The molecule has 1 rings (SSSR count). The Kier molecular flexibility index (Phi) is 5.59. The van der Waals surface area contributed by atoms with Crippen LogP contribution in [0.4, 0.5) is 0 Å². The van der Waals surface area contributed by atoms with E-state index in [-0.39, 0.29) is 11.2 Å². The van der Waals surface area contributed by atoms with Gasteiger partial charge in [-0.05, 0) is 36.8 Å². The predicted molar refractivity (Wildman–Crippen MR) is 79.8 cm³/mol. The molecule has 0 bridgehead atoms. The van der Waals surface area contributed by atoms with Crippen LogP contribution >= 0.6 is 0 Å². The highest BCUT2D eigenvalue weighted by molar-refractivity contribution is 5.98. The van der Waals surface area contributed by atoms with E-state index in [9.17, 15) is 4.79 Å². The highest BCUT2D eigenvalue weighted by Gasteiger charge is 2.20. The molecule has 0 N–H and O–H groups in total. The molecule has 0 aliphatic rings. The summed E-state index contributed by atoms with van der Waals surface area (Å²) < 4.78 is 5.52. The van der Waals surface area contributed by atoms with Crippen LogP contribution in [0, 0.1) is 11.3 Å². The van der Waals surface area contributed by atoms with E-state index < -0.39 is 0 Å². The quantitative estimate of drug-likeness (QED) is 0.693. The maximum Gasteiger partial charge on any atom is 0.166 e. The minimum absolute atomic E-state index is 0.181. The molecule has 0 amide bonds. The fourth-order valence-corrected chi connectivity index (χ4v) is 2.52. The molecule has 0 aliphatic carbocycles. The van der Waals surface area contributed by atoms with Gasteiger partial charge in [0.25, 0.3) is 0 Å². The van der Waals surface area contributed by atoms with Crippen molar-refractivity contribution in [2.75, 3.05) is 6.61 Å². The summed E-state index contributed by atoms with van der Waals surface area (Å²) in [5.74, 6) is 1.28. The number of carbonyl (C=O) groups excluding carboxylic acids is 1. The van der Waals surface area contributed by atoms with E-state index in [4.69, 9.17) is 4.74 Å². The summed E-state index contributed by atoms with van der Waals surface area (Å²) in [5, 5.41) is 0. The van der Waals surface area contributed by atoms with E-state index in [0.717, 1.165) is 6.42 Å². The van der Waals surface area contributed by atoms with Gasteiger partial charge in [-0.15, -0.1) is 0 Å². The third kappa shape index (κ3) is 5.46. The normalized spacial score (nSPS) is 13.1. The van der Waals surface area contributed by atoms with Crippen molar-refractivity contribution in [3.8, 4) is 5.75 Å². The Bertz CT molecular complexity index is 416. The van der Waals surface area contributed by atoms with Crippen LogP contribution in [-0.2, 0) is 0 Å². The van der Waals surface area contributed by atoms with Crippen LogP contribution in [-0.4, -0.2) is 12.4 Å². The second kappa shape index (κ2) is 6.74. The number of para-hydroxylation sites is 1. The summed E-state index contributed by atoms with van der Waals surface area (Å²) in [6.07, 6.45) is 1.64. The van der Waals surface area contributed by atoms with Gasteiger partial charge in [-0.1, -0.05) is 39.8 Å². The lowest BCUT2D eigenvalue weighted by atomic mass is 9.83. The summed E-state index contributed by atoms with van der Waals surface area (Å²) in [4.78, 5) is 12.4. The summed E-state index contributed by atoms with van der Waals surface area (Å²) >= 11 is 0. The van der Waals surface area contributed by atoms with Crippen LogP contribution in [0.2, 0.25) is 0 Å². The largest absolute Gasteiger partial charge is 0.493 e. The van der Waals surface area contributed by atoms with Gasteiger partial charge in [0, 0.05) is 6.42 Å². The molecule has 0 aliphatic heterocycles. The predicted octanol–water partition coefficient (Wildman–Crippen LogP) is 4.73. The number of hydrogen-bond donors (Lipinski definition) is 0. The summed E-state index contributed by atoms with van der Waals surface area (Å²) in [5.41, 5.74) is 0.976. The number of ketones is 1. The molecule has 0 aromatic heterocycles. The molecule has 1 unspecified atom stereocenters. The minimum Gasteiger partial charge on any atom is -0.493 e. The van der Waals surface area contributed by atoms with Crippen LogP contribution < -0.4 is 4.74 Å². The lowest BCUT2D eigenvalue weighted by Crippen LogP contribution is -2.15. The zero-order valence-electron chi connectivity index (χ0n) is 12.8. The van der Waals surface area contributed by atoms with Gasteiger partial charge < -0.3 is 4.74 Å². The molecular formula is C17H26O2. The summed E-state index contributed by atoms with van der Waals surface area (Å²) in [6, 6.07) is 7.52. The lowest BCUT2D eigenvalue weighted by molar-refractivity contribution is 0.0950. The minimum atomic E-state index is 0.181. The smallest absolute Gasteiger partial charge is 0.166 e. The van der Waals surface area contributed by atoms with E-state index in [1.165, 1.54) is 0 Å². The molecule has 19 heavy (non-hydrogen) atoms. The fourth-order valence-electron chi connectivity index (χ4n) is 2.52. The van der Waals surface area contributed by atoms with E-state index in [2.05, 4.69) is 27.7 Å². The molecule has 0 spiro atoms. The fraction of sp³-hybridized carbons (Fsp3) is 0.588. The van der Waals surface area contributed by atoms with Crippen molar-refractivity contribution in [3.63, 3.8) is 0 Å². The monoisotopic (exact) mass is 262 g/mol. The Morgan fingerprint density at radius 2 is 1.89 bits per heavy atom. The Balaban J connectivity index is 2.73. The van der Waals surface area contributed by atoms with Crippen LogP contribution in [0.3, 0.4) is 0 Å². The van der Waals surface area contributed by atoms with Gasteiger partial charge in [0.2, 0.25) is 0 Å². The molecule has 0 heterocycles. The van der Waals surface area contributed by atoms with Gasteiger partial charge in [0.05, 0.1) is 12.2 Å². The first-order valence-electron chi connectivity index (χ1n) is 7.08. The van der Waals surface area contributed by atoms with Crippen molar-refractivity contribution < 1.29 is 9.53 Å². The molecule has 2 nitrogen and oxygen atoms in total. The third-order valence-corrected chi connectivity index (χ3v) is 2.98. The van der Waals surface area contributed by atoms with E-state index in [0.29, 0.717) is 30.3 Å². The molecule has 106 valence electrons. The third-order valence-electron chi connectivity index (χ3n) is 2.98. The average Bonchev–Trinajstić information content (AvgIpc) is 2.27. The Hall–Kier alpha value is -1.31. The summed E-state index contributed by atoms with van der Waals surface area (Å²) in [6.45, 7) is 11.3. The van der Waals surface area contributed by atoms with E-state index in [1.807, 2.05) is 31.2 Å². The topological polar surface area (TPSA) is 26.3 Å². The van der Waals surface area contributed by atoms with Crippen molar-refractivity contribution >= 4 is 5.78 Å². The molecule has 0 fully saturated rings. The number of carbonyl (C=O) groups is 1. The Labute approximate surface area is 117 Å². The van der Waals surface area contributed by atoms with Gasteiger partial charge in [-0.25, -0.2) is 0 Å². The second-order valence-corrected chi connectivity index (χ2v) is 6.43. The Morgan fingerprint density at radius 1 is 1.26 bits per heavy atom. The zero-order valence-corrected chi connectivity index (χ0v) is 12.8. The van der Waals surface area contributed by atoms with Crippen molar-refractivity contribution in [2.24, 2.45) is 11.3 Å². The molecule has 0 saturated heterocycles. The SMILES string of the molecule is CCOc1ccccc1C(=O)CC(C)CC(C)(C)C. The number of Topliss-reactive ketones (excluding diaryl/α,β-unsaturated/α-hetero) is 1. The zero-order chi connectivity index (χ0) is 14.5. The number of hydrogen-bond acceptors (Lipinski definition) is 2. The van der Waals surface area contributed by atoms with Crippen LogP contribution in [0.1, 0.15) is 57.8 Å². The molecule has 1 aromatic rings. The number of ether oxygens (including phenoxy) is 1. The van der Waals surface area contributed by atoms with Crippen molar-refractivity contribution in [1.82, 2.24) is 0 Å². The molecule has 0 radical (unpaired) electrons. The van der Waals surface area contributed by atoms with E-state index in [1.54, 1.807) is 0 Å². The van der Waals surface area contributed by atoms with Gasteiger partial charge >= 0.3 is 0 Å². The Morgan fingerprint density at radius 3 is 2.47 bits per heavy atom. The van der Waals surface area contributed by atoms with E-state index >= 15 is 0 Å². The van der Waals surface area contributed by atoms with Crippen LogP contribution in [0.15, 0.2) is 24.3 Å². The average molecular weight is 262 g/mol. The first-order valence-corrected chi connectivity index (χ1v) is 7.08. The molecule has 1 atom stereocenters. The van der Waals surface area contributed by atoms with Crippen LogP contribution in [0.25, 0.3) is 0 Å². The lowest BCUT2D eigenvalue weighted by Gasteiger charge is -2.23.